The number of aromatic amines is 1. The molecule has 3 heterocycles. The van der Waals surface area contributed by atoms with E-state index in [9.17, 15) is 14.0 Å². The molecule has 3 aromatic carbocycles. The second-order valence-electron chi connectivity index (χ2n) is 9.72. The third-order valence-electron chi connectivity index (χ3n) is 7.75. The number of carbonyl (C=O) groups is 2. The SMILES string of the molecule is COc1ccc(C2CN3C(=O)CN(Cc4c(F)cccc4Cl)C(=O)C3(C)c3[nH]c4ccccc4c32)cc1. The number of amides is 2. The number of halogens is 2. The average Bonchev–Trinajstić information content (AvgIpc) is 3.30. The Bertz CT molecular complexity index is 1530. The lowest BCUT2D eigenvalue weighted by Gasteiger charge is -2.51. The van der Waals surface area contributed by atoms with Gasteiger partial charge in [-0.3, -0.25) is 9.59 Å². The lowest BCUT2D eigenvalue weighted by molar-refractivity contribution is -0.167. The predicted octanol–water partition coefficient (Wildman–Crippen LogP) is 5.20. The summed E-state index contributed by atoms with van der Waals surface area (Å²) in [4.78, 5) is 34.3. The minimum absolute atomic E-state index is 0.0863. The first-order valence-electron chi connectivity index (χ1n) is 12.1. The second-order valence-corrected chi connectivity index (χ2v) is 10.1. The van der Waals surface area contributed by atoms with Gasteiger partial charge in [-0.15, -0.1) is 0 Å². The normalized spacial score (nSPS) is 21.2. The van der Waals surface area contributed by atoms with Crippen molar-refractivity contribution in [2.24, 2.45) is 0 Å². The van der Waals surface area contributed by atoms with Crippen molar-refractivity contribution in [3.8, 4) is 5.75 Å². The fourth-order valence-corrected chi connectivity index (χ4v) is 6.04. The summed E-state index contributed by atoms with van der Waals surface area (Å²) >= 11 is 6.26. The monoisotopic (exact) mass is 517 g/mol. The molecule has 2 unspecified atom stereocenters. The van der Waals surface area contributed by atoms with Crippen LogP contribution >= 0.6 is 11.6 Å². The van der Waals surface area contributed by atoms with E-state index in [1.807, 2.05) is 48.5 Å². The number of hydrogen-bond donors (Lipinski definition) is 1. The number of methoxy groups -OCH3 is 1. The Balaban J connectivity index is 1.49. The third kappa shape index (κ3) is 3.52. The third-order valence-corrected chi connectivity index (χ3v) is 8.10. The van der Waals surface area contributed by atoms with Gasteiger partial charge in [0.1, 0.15) is 18.1 Å². The summed E-state index contributed by atoms with van der Waals surface area (Å²) in [5, 5.41) is 1.23. The molecular formula is C29H25ClFN3O3. The highest BCUT2D eigenvalue weighted by Gasteiger charge is 2.56. The van der Waals surface area contributed by atoms with E-state index < -0.39 is 11.4 Å². The van der Waals surface area contributed by atoms with E-state index in [4.69, 9.17) is 16.3 Å². The quantitative estimate of drug-likeness (QED) is 0.404. The van der Waals surface area contributed by atoms with Gasteiger partial charge in [0.05, 0.1) is 19.3 Å². The highest BCUT2D eigenvalue weighted by Crippen LogP contribution is 2.48. The Labute approximate surface area is 218 Å². The number of H-pyrrole nitrogens is 1. The van der Waals surface area contributed by atoms with Crippen LogP contribution in [0, 0.1) is 5.82 Å². The Morgan fingerprint density at radius 3 is 2.57 bits per heavy atom. The smallest absolute Gasteiger partial charge is 0.255 e. The fourth-order valence-electron chi connectivity index (χ4n) is 5.81. The number of para-hydroxylation sites is 1. The summed E-state index contributed by atoms with van der Waals surface area (Å²) in [5.74, 6) is -0.371. The minimum Gasteiger partial charge on any atom is -0.497 e. The van der Waals surface area contributed by atoms with Crippen LogP contribution in [0.1, 0.15) is 35.2 Å². The van der Waals surface area contributed by atoms with Gasteiger partial charge in [0.15, 0.2) is 5.54 Å². The highest BCUT2D eigenvalue weighted by atomic mass is 35.5. The Morgan fingerprint density at radius 2 is 1.84 bits per heavy atom. The van der Waals surface area contributed by atoms with E-state index in [2.05, 4.69) is 4.98 Å². The molecular weight excluding hydrogens is 493 g/mol. The number of carbonyl (C=O) groups excluding carboxylic acids is 2. The van der Waals surface area contributed by atoms with Crippen LogP contribution in [0.25, 0.3) is 10.9 Å². The summed E-state index contributed by atoms with van der Waals surface area (Å²) in [6.07, 6.45) is 0. The predicted molar refractivity (Wildman–Crippen MR) is 139 cm³/mol. The Morgan fingerprint density at radius 1 is 1.08 bits per heavy atom. The van der Waals surface area contributed by atoms with Crippen LogP contribution in [0.4, 0.5) is 4.39 Å². The first kappa shape index (κ1) is 23.6. The van der Waals surface area contributed by atoms with Gasteiger partial charge in [-0.1, -0.05) is 48.0 Å². The van der Waals surface area contributed by atoms with E-state index in [0.717, 1.165) is 27.8 Å². The number of nitrogens with zero attached hydrogens (tertiary/aromatic N) is 2. The average molecular weight is 518 g/mol. The molecule has 0 bridgehead atoms. The number of fused-ring (bicyclic) bond motifs is 5. The number of aromatic nitrogens is 1. The maximum Gasteiger partial charge on any atom is 0.255 e. The van der Waals surface area contributed by atoms with Crippen LogP contribution in [0.2, 0.25) is 5.02 Å². The van der Waals surface area contributed by atoms with Crippen molar-refractivity contribution in [3.05, 3.63) is 100.0 Å². The number of piperazine rings is 1. The van der Waals surface area contributed by atoms with Crippen LogP contribution in [0.3, 0.4) is 0 Å². The topological polar surface area (TPSA) is 65.6 Å². The molecule has 2 atom stereocenters. The molecule has 6 nitrogen and oxygen atoms in total. The van der Waals surface area contributed by atoms with Gasteiger partial charge in [-0.2, -0.15) is 0 Å². The van der Waals surface area contributed by atoms with Gasteiger partial charge in [0, 0.05) is 34.0 Å². The van der Waals surface area contributed by atoms with Crippen LogP contribution < -0.4 is 4.74 Å². The van der Waals surface area contributed by atoms with Gasteiger partial charge in [-0.05, 0) is 48.4 Å². The molecule has 37 heavy (non-hydrogen) atoms. The minimum atomic E-state index is -1.27. The second kappa shape index (κ2) is 8.63. The zero-order valence-corrected chi connectivity index (χ0v) is 21.2. The molecule has 6 rings (SSSR count). The molecule has 0 spiro atoms. The van der Waals surface area contributed by atoms with E-state index in [1.54, 1.807) is 25.0 Å². The van der Waals surface area contributed by atoms with Crippen molar-refractivity contribution in [1.82, 2.24) is 14.8 Å². The van der Waals surface area contributed by atoms with Gasteiger partial charge < -0.3 is 19.5 Å². The van der Waals surface area contributed by atoms with Gasteiger partial charge in [0.2, 0.25) is 5.91 Å². The molecule has 1 saturated heterocycles. The summed E-state index contributed by atoms with van der Waals surface area (Å²) < 4.78 is 19.9. The van der Waals surface area contributed by atoms with E-state index in [0.29, 0.717) is 12.2 Å². The van der Waals surface area contributed by atoms with Crippen molar-refractivity contribution in [3.63, 3.8) is 0 Å². The molecule has 1 fully saturated rings. The van der Waals surface area contributed by atoms with Crippen LogP contribution in [-0.2, 0) is 21.7 Å². The van der Waals surface area contributed by atoms with Crippen molar-refractivity contribution >= 4 is 34.3 Å². The van der Waals surface area contributed by atoms with Gasteiger partial charge >= 0.3 is 0 Å². The number of ether oxygens (including phenoxy) is 1. The summed E-state index contributed by atoms with van der Waals surface area (Å²) in [6.45, 7) is 1.89. The Hall–Kier alpha value is -3.84. The van der Waals surface area contributed by atoms with Crippen molar-refractivity contribution in [1.29, 1.82) is 0 Å². The number of rotatable bonds is 4. The lowest BCUT2D eigenvalue weighted by atomic mass is 9.76. The molecule has 0 aliphatic carbocycles. The van der Waals surface area contributed by atoms with Gasteiger partial charge in [0.25, 0.3) is 5.91 Å². The van der Waals surface area contributed by atoms with Crippen molar-refractivity contribution in [2.75, 3.05) is 20.2 Å². The molecule has 188 valence electrons. The molecule has 2 aliphatic rings. The molecule has 4 aromatic rings. The number of nitrogens with one attached hydrogen (secondary N) is 1. The molecule has 1 aromatic heterocycles. The van der Waals surface area contributed by atoms with Crippen molar-refractivity contribution < 1.29 is 18.7 Å². The summed E-state index contributed by atoms with van der Waals surface area (Å²) in [6, 6.07) is 20.1. The maximum absolute atomic E-state index is 14.6. The van der Waals surface area contributed by atoms with Crippen molar-refractivity contribution in [2.45, 2.75) is 24.9 Å². The van der Waals surface area contributed by atoms with E-state index in [-0.39, 0.29) is 41.4 Å². The van der Waals surface area contributed by atoms with E-state index in [1.165, 1.54) is 17.0 Å². The van der Waals surface area contributed by atoms with E-state index >= 15 is 0 Å². The maximum atomic E-state index is 14.6. The molecule has 0 radical (unpaired) electrons. The first-order valence-corrected chi connectivity index (χ1v) is 12.5. The molecule has 0 saturated carbocycles. The Kier molecular flexibility index (Phi) is 5.49. The first-order chi connectivity index (χ1) is 17.8. The van der Waals surface area contributed by atoms with Crippen LogP contribution in [0.5, 0.6) is 5.75 Å². The zero-order valence-electron chi connectivity index (χ0n) is 20.4. The molecule has 2 amide bonds. The largest absolute Gasteiger partial charge is 0.497 e. The zero-order chi connectivity index (χ0) is 25.9. The molecule has 1 N–H and O–H groups in total. The standard InChI is InChI=1S/C29H25ClFN3O3/c1-29-27-26(19-6-3-4-9-24(19)32-27)20(17-10-12-18(37-2)13-11-17)15-34(29)25(35)16-33(28(29)36)14-21-22(30)7-5-8-23(21)31/h3-13,20,32H,14-16H2,1-2H3. The van der Waals surface area contributed by atoms with Crippen LogP contribution in [0.15, 0.2) is 66.7 Å². The van der Waals surface area contributed by atoms with Crippen LogP contribution in [-0.4, -0.2) is 46.8 Å². The van der Waals surface area contributed by atoms with Gasteiger partial charge in [-0.25, -0.2) is 4.39 Å². The number of benzene rings is 3. The molecule has 2 aliphatic heterocycles. The lowest BCUT2D eigenvalue weighted by Crippen LogP contribution is -2.67. The summed E-state index contributed by atoms with van der Waals surface area (Å²) in [5.41, 5.74) is 2.52. The summed E-state index contributed by atoms with van der Waals surface area (Å²) in [7, 11) is 1.62. The molecule has 8 heteroatoms. The number of hydrogen-bond acceptors (Lipinski definition) is 3. The highest BCUT2D eigenvalue weighted by molar-refractivity contribution is 6.31. The fraction of sp³-hybridized carbons (Fsp3) is 0.241.